The Bertz CT molecular complexity index is 332. The molecule has 0 aromatic heterocycles. The van der Waals surface area contributed by atoms with Gasteiger partial charge in [0.15, 0.2) is 0 Å². The third-order valence-electron chi connectivity index (χ3n) is 2.89. The SMILES string of the molecule is Clc1ccc(I)c(C2CCCCCN2)c1. The summed E-state index contributed by atoms with van der Waals surface area (Å²) in [7, 11) is 0. The Labute approximate surface area is 110 Å². The van der Waals surface area contributed by atoms with Gasteiger partial charge < -0.3 is 5.32 Å². The van der Waals surface area contributed by atoms with E-state index in [9.17, 15) is 0 Å². The molecule has 1 aliphatic heterocycles. The van der Waals surface area contributed by atoms with Crippen molar-refractivity contribution in [3.8, 4) is 0 Å². The Hall–Kier alpha value is 0.200. The Balaban J connectivity index is 2.22. The first kappa shape index (κ1) is 11.7. The Morgan fingerprint density at radius 2 is 2.13 bits per heavy atom. The zero-order chi connectivity index (χ0) is 10.7. The molecule has 1 saturated heterocycles. The number of rotatable bonds is 1. The topological polar surface area (TPSA) is 12.0 Å². The first-order valence-electron chi connectivity index (χ1n) is 5.46. The van der Waals surface area contributed by atoms with E-state index in [1.807, 2.05) is 6.07 Å². The lowest BCUT2D eigenvalue weighted by atomic mass is 10.0. The second-order valence-electron chi connectivity index (χ2n) is 4.02. The van der Waals surface area contributed by atoms with Gasteiger partial charge in [-0.05, 0) is 65.7 Å². The highest BCUT2D eigenvalue weighted by Crippen LogP contribution is 2.28. The molecule has 15 heavy (non-hydrogen) atoms. The minimum atomic E-state index is 0.498. The van der Waals surface area contributed by atoms with Crippen LogP contribution in [0.15, 0.2) is 18.2 Å². The molecule has 0 saturated carbocycles. The number of hydrogen-bond donors (Lipinski definition) is 1. The number of hydrogen-bond acceptors (Lipinski definition) is 1. The Morgan fingerprint density at radius 1 is 1.27 bits per heavy atom. The maximum absolute atomic E-state index is 6.05. The van der Waals surface area contributed by atoms with Gasteiger partial charge in [-0.1, -0.05) is 24.4 Å². The van der Waals surface area contributed by atoms with E-state index in [0.29, 0.717) is 6.04 Å². The van der Waals surface area contributed by atoms with Crippen LogP contribution in [0.1, 0.15) is 37.3 Å². The molecule has 1 aliphatic rings. The van der Waals surface area contributed by atoms with Crippen LogP contribution in [0.4, 0.5) is 0 Å². The largest absolute Gasteiger partial charge is 0.310 e. The van der Waals surface area contributed by atoms with Gasteiger partial charge in [-0.2, -0.15) is 0 Å². The fraction of sp³-hybridized carbons (Fsp3) is 0.500. The van der Waals surface area contributed by atoms with Crippen LogP contribution in [0, 0.1) is 3.57 Å². The zero-order valence-corrected chi connectivity index (χ0v) is 11.5. The van der Waals surface area contributed by atoms with Crippen molar-refractivity contribution < 1.29 is 0 Å². The summed E-state index contributed by atoms with van der Waals surface area (Å²) < 4.78 is 1.32. The van der Waals surface area contributed by atoms with Crippen molar-refractivity contribution in [1.29, 1.82) is 0 Å². The smallest absolute Gasteiger partial charge is 0.0410 e. The first-order valence-corrected chi connectivity index (χ1v) is 6.91. The van der Waals surface area contributed by atoms with E-state index in [-0.39, 0.29) is 0 Å². The predicted molar refractivity (Wildman–Crippen MR) is 73.4 cm³/mol. The molecule has 0 aliphatic carbocycles. The van der Waals surface area contributed by atoms with Gasteiger partial charge >= 0.3 is 0 Å². The van der Waals surface area contributed by atoms with E-state index >= 15 is 0 Å². The Kier molecular flexibility index (Phi) is 4.29. The van der Waals surface area contributed by atoms with Gasteiger partial charge in [0.2, 0.25) is 0 Å². The molecular formula is C12H15ClIN. The van der Waals surface area contributed by atoms with Crippen LogP contribution in [0.5, 0.6) is 0 Å². The van der Waals surface area contributed by atoms with Crippen LogP contribution in [0.25, 0.3) is 0 Å². The summed E-state index contributed by atoms with van der Waals surface area (Å²) in [5.41, 5.74) is 1.37. The van der Waals surface area contributed by atoms with E-state index in [1.54, 1.807) is 0 Å². The van der Waals surface area contributed by atoms with E-state index in [2.05, 4.69) is 40.0 Å². The van der Waals surface area contributed by atoms with Crippen LogP contribution in [-0.2, 0) is 0 Å². The molecule has 1 fully saturated rings. The molecule has 82 valence electrons. The van der Waals surface area contributed by atoms with E-state index < -0.39 is 0 Å². The molecule has 0 radical (unpaired) electrons. The van der Waals surface area contributed by atoms with Gasteiger partial charge in [0.25, 0.3) is 0 Å². The predicted octanol–water partition coefficient (Wildman–Crippen LogP) is 4.15. The average Bonchev–Trinajstić information content (AvgIpc) is 2.50. The van der Waals surface area contributed by atoms with Gasteiger partial charge in [0, 0.05) is 14.6 Å². The van der Waals surface area contributed by atoms with Crippen molar-refractivity contribution >= 4 is 34.2 Å². The fourth-order valence-corrected chi connectivity index (χ4v) is 2.97. The van der Waals surface area contributed by atoms with Crippen molar-refractivity contribution in [2.45, 2.75) is 31.7 Å². The van der Waals surface area contributed by atoms with Gasteiger partial charge in [0.1, 0.15) is 0 Å². The molecule has 0 amide bonds. The lowest BCUT2D eigenvalue weighted by molar-refractivity contribution is 0.533. The minimum absolute atomic E-state index is 0.498. The molecule has 1 atom stereocenters. The van der Waals surface area contributed by atoms with Crippen molar-refractivity contribution in [3.05, 3.63) is 32.4 Å². The quantitative estimate of drug-likeness (QED) is 0.760. The van der Waals surface area contributed by atoms with Gasteiger partial charge in [-0.25, -0.2) is 0 Å². The average molecular weight is 336 g/mol. The summed E-state index contributed by atoms with van der Waals surface area (Å²) in [6.45, 7) is 1.13. The standard InChI is InChI=1S/C12H15ClIN/c13-9-5-6-11(14)10(8-9)12-4-2-1-3-7-15-12/h5-6,8,12,15H,1-4,7H2. The van der Waals surface area contributed by atoms with Crippen molar-refractivity contribution in [2.75, 3.05) is 6.54 Å². The summed E-state index contributed by atoms with van der Waals surface area (Å²) in [4.78, 5) is 0. The van der Waals surface area contributed by atoms with Gasteiger partial charge in [-0.15, -0.1) is 0 Å². The van der Waals surface area contributed by atoms with Crippen molar-refractivity contribution in [3.63, 3.8) is 0 Å². The third kappa shape index (κ3) is 3.08. The molecule has 3 heteroatoms. The summed E-state index contributed by atoms with van der Waals surface area (Å²) in [5.74, 6) is 0. The summed E-state index contributed by atoms with van der Waals surface area (Å²) in [6, 6.07) is 6.67. The summed E-state index contributed by atoms with van der Waals surface area (Å²) >= 11 is 8.44. The van der Waals surface area contributed by atoms with E-state index in [1.165, 1.54) is 34.8 Å². The second-order valence-corrected chi connectivity index (χ2v) is 5.62. The lowest BCUT2D eigenvalue weighted by Gasteiger charge is -2.18. The second kappa shape index (κ2) is 5.51. The molecule has 1 aromatic rings. The van der Waals surface area contributed by atoms with Crippen LogP contribution in [0.2, 0.25) is 5.02 Å². The maximum atomic E-state index is 6.05. The van der Waals surface area contributed by atoms with Gasteiger partial charge in [0.05, 0.1) is 0 Å². The molecule has 1 unspecified atom stereocenters. The third-order valence-corrected chi connectivity index (χ3v) is 4.11. The van der Waals surface area contributed by atoms with Crippen LogP contribution in [0.3, 0.4) is 0 Å². The molecular weight excluding hydrogens is 320 g/mol. The van der Waals surface area contributed by atoms with E-state index in [0.717, 1.165) is 11.6 Å². The monoisotopic (exact) mass is 335 g/mol. The normalized spacial score (nSPS) is 22.4. The zero-order valence-electron chi connectivity index (χ0n) is 8.60. The molecule has 1 aromatic carbocycles. The van der Waals surface area contributed by atoms with Gasteiger partial charge in [-0.3, -0.25) is 0 Å². The number of benzene rings is 1. The van der Waals surface area contributed by atoms with E-state index in [4.69, 9.17) is 11.6 Å². The van der Waals surface area contributed by atoms with Crippen molar-refractivity contribution in [1.82, 2.24) is 5.32 Å². The lowest BCUT2D eigenvalue weighted by Crippen LogP contribution is -2.21. The Morgan fingerprint density at radius 3 is 3.00 bits per heavy atom. The molecule has 0 spiro atoms. The highest BCUT2D eigenvalue weighted by molar-refractivity contribution is 14.1. The summed E-state index contributed by atoms with van der Waals surface area (Å²) in [6.07, 6.45) is 5.20. The number of halogens is 2. The maximum Gasteiger partial charge on any atom is 0.0410 e. The fourth-order valence-electron chi connectivity index (χ4n) is 2.08. The van der Waals surface area contributed by atoms with Crippen LogP contribution in [-0.4, -0.2) is 6.54 Å². The molecule has 2 rings (SSSR count). The van der Waals surface area contributed by atoms with Crippen LogP contribution >= 0.6 is 34.2 Å². The highest BCUT2D eigenvalue weighted by atomic mass is 127. The molecule has 1 nitrogen and oxygen atoms in total. The molecule has 0 bridgehead atoms. The van der Waals surface area contributed by atoms with Crippen LogP contribution < -0.4 is 5.32 Å². The molecule has 1 N–H and O–H groups in total. The number of nitrogens with one attached hydrogen (secondary N) is 1. The summed E-state index contributed by atoms with van der Waals surface area (Å²) in [5, 5.41) is 4.45. The first-order chi connectivity index (χ1) is 7.27. The van der Waals surface area contributed by atoms with Crippen molar-refractivity contribution in [2.24, 2.45) is 0 Å². The highest BCUT2D eigenvalue weighted by Gasteiger charge is 2.16. The molecule has 1 heterocycles. The minimum Gasteiger partial charge on any atom is -0.310 e.